The molecular formula is C20H31BrClN4O9P. The molecule has 0 aliphatic carbocycles. The highest BCUT2D eigenvalue weighted by atomic mass is 79.9. The van der Waals surface area contributed by atoms with Gasteiger partial charge in [0.15, 0.2) is 16.1 Å². The zero-order chi connectivity index (χ0) is 27.4. The van der Waals surface area contributed by atoms with E-state index in [1.54, 1.807) is 27.7 Å². The number of hydrogen-bond acceptors (Lipinski definition) is 10. The topological polar surface area (TPSA) is 181 Å². The Bertz CT molecular complexity index is 1080. The van der Waals surface area contributed by atoms with Gasteiger partial charge < -0.3 is 24.5 Å². The molecule has 13 nitrogen and oxygen atoms in total. The van der Waals surface area contributed by atoms with E-state index in [1.807, 2.05) is 0 Å². The van der Waals surface area contributed by atoms with Crippen LogP contribution in [0.5, 0.6) is 0 Å². The average molecular weight is 618 g/mol. The summed E-state index contributed by atoms with van der Waals surface area (Å²) in [6.07, 6.45) is -2.85. The first kappa shape index (κ1) is 30.7. The molecule has 0 aromatic carbocycles. The summed E-state index contributed by atoms with van der Waals surface area (Å²) in [5.74, 6) is -1.64. The van der Waals surface area contributed by atoms with Gasteiger partial charge in [-0.05, 0) is 26.7 Å². The third kappa shape index (κ3) is 7.73. The van der Waals surface area contributed by atoms with Gasteiger partial charge in [-0.1, -0.05) is 41.4 Å². The number of alkyl halides is 2. The number of aromatic nitrogens is 2. The number of nitrogens with zero attached hydrogens (tertiary/aromatic N) is 1. The fourth-order valence-corrected chi connectivity index (χ4v) is 5.03. The zero-order valence-electron chi connectivity index (χ0n) is 20.4. The fourth-order valence-electron chi connectivity index (χ4n) is 3.11. The Kier molecular flexibility index (Phi) is 10.9. The monoisotopic (exact) mass is 616 g/mol. The molecule has 2 heterocycles. The van der Waals surface area contributed by atoms with Crippen LogP contribution in [0.2, 0.25) is 0 Å². The summed E-state index contributed by atoms with van der Waals surface area (Å²) in [6.45, 7) is 7.87. The maximum Gasteiger partial charge on any atom is 0.330 e. The highest BCUT2D eigenvalue weighted by molar-refractivity contribution is 9.10. The van der Waals surface area contributed by atoms with Crippen LogP contribution in [-0.2, 0) is 32.9 Å². The summed E-state index contributed by atoms with van der Waals surface area (Å²) in [5, 5.41) is 2.50. The van der Waals surface area contributed by atoms with E-state index in [0.717, 1.165) is 10.6 Å². The van der Waals surface area contributed by atoms with Crippen LogP contribution in [0.25, 0.3) is 0 Å². The maximum atomic E-state index is 12.6. The van der Waals surface area contributed by atoms with Crippen molar-refractivity contribution in [3.8, 4) is 0 Å². The first-order chi connectivity index (χ1) is 16.6. The van der Waals surface area contributed by atoms with Crippen LogP contribution in [0, 0.1) is 5.92 Å². The van der Waals surface area contributed by atoms with Gasteiger partial charge in [-0.3, -0.25) is 28.5 Å². The van der Waals surface area contributed by atoms with Crippen molar-refractivity contribution in [3.63, 3.8) is 0 Å². The summed E-state index contributed by atoms with van der Waals surface area (Å²) < 4.78 is 33.6. The molecule has 1 aromatic heterocycles. The molecule has 2 rings (SSSR count). The molecule has 7 atom stereocenters. The molecule has 1 fully saturated rings. The van der Waals surface area contributed by atoms with Gasteiger partial charge in [-0.2, -0.15) is 0 Å². The lowest BCUT2D eigenvalue weighted by Gasteiger charge is -2.28. The SMILES string of the molecule is CC(C)OC(=O)[C@@H](C)N[PH](=O)OC[C@H]1O[C@@H](n2ccc(=O)[nH]c2=O)[C@](Cl)(Br)[C@@H]1OC(=O)C(N)C(C)C. The second-order valence-corrected chi connectivity index (χ2v) is 12.3. The van der Waals surface area contributed by atoms with Crippen LogP contribution in [0.1, 0.15) is 40.8 Å². The molecule has 36 heavy (non-hydrogen) atoms. The molecular weight excluding hydrogens is 587 g/mol. The van der Waals surface area contributed by atoms with Crippen LogP contribution in [0.15, 0.2) is 21.9 Å². The molecule has 2 unspecified atom stereocenters. The van der Waals surface area contributed by atoms with Gasteiger partial charge in [0, 0.05) is 12.3 Å². The fraction of sp³-hybridized carbons (Fsp3) is 0.700. The number of H-pyrrole nitrogens is 1. The van der Waals surface area contributed by atoms with Crippen LogP contribution in [-0.4, -0.2) is 62.3 Å². The summed E-state index contributed by atoms with van der Waals surface area (Å²) in [5.41, 5.74) is 4.44. The Morgan fingerprint density at radius 3 is 2.50 bits per heavy atom. The minimum atomic E-state index is -2.99. The van der Waals surface area contributed by atoms with Crippen LogP contribution < -0.4 is 22.1 Å². The number of carbonyl (C=O) groups excluding carboxylic acids is 2. The Hall–Kier alpha value is -1.54. The second kappa shape index (κ2) is 12.8. The standard InChI is InChI=1S/C20H31BrClN4O9P/c1-9(2)14(23)17(29)35-15-12(8-32-36(31)25-11(5)16(28)33-10(3)4)34-18(20(15,21)22)26-7-6-13(27)24-19(26)30/h6-7,9-12,14-15,18,36H,8,23H2,1-5H3,(H,25,31)(H,24,27,30)/t11-,12-,14?,15-,18-,20+/m1/s1. The highest BCUT2D eigenvalue weighted by Crippen LogP contribution is 2.49. The van der Waals surface area contributed by atoms with Crippen molar-refractivity contribution < 1.29 is 32.9 Å². The smallest absolute Gasteiger partial charge is 0.330 e. The first-order valence-electron chi connectivity index (χ1n) is 11.1. The molecule has 0 amide bonds. The largest absolute Gasteiger partial charge is 0.462 e. The molecule has 0 radical (unpaired) electrons. The van der Waals surface area contributed by atoms with Crippen molar-refractivity contribution in [2.45, 2.75) is 75.0 Å². The van der Waals surface area contributed by atoms with Crippen molar-refractivity contribution in [2.75, 3.05) is 6.61 Å². The van der Waals surface area contributed by atoms with Crippen LogP contribution in [0.3, 0.4) is 0 Å². The Balaban J connectivity index is 2.23. The lowest BCUT2D eigenvalue weighted by atomic mass is 10.1. The predicted molar refractivity (Wildman–Crippen MR) is 134 cm³/mol. The highest BCUT2D eigenvalue weighted by Gasteiger charge is 2.58. The lowest BCUT2D eigenvalue weighted by molar-refractivity contribution is -0.155. The molecule has 1 aliphatic rings. The molecule has 16 heteroatoms. The number of esters is 2. The number of rotatable bonds is 11. The molecule has 1 aliphatic heterocycles. The van der Waals surface area contributed by atoms with Crippen molar-refractivity contribution in [3.05, 3.63) is 33.1 Å². The van der Waals surface area contributed by atoms with Gasteiger partial charge in [0.05, 0.1) is 12.7 Å². The van der Waals surface area contributed by atoms with E-state index >= 15 is 0 Å². The van der Waals surface area contributed by atoms with Crippen molar-refractivity contribution in [1.82, 2.24) is 14.6 Å². The summed E-state index contributed by atoms with van der Waals surface area (Å²) >= 11 is 9.96. The average Bonchev–Trinajstić information content (AvgIpc) is 3.00. The molecule has 1 saturated heterocycles. The first-order valence-corrected chi connectivity index (χ1v) is 13.6. The van der Waals surface area contributed by atoms with E-state index in [9.17, 15) is 23.7 Å². The minimum absolute atomic E-state index is 0.250. The zero-order valence-corrected chi connectivity index (χ0v) is 23.7. The van der Waals surface area contributed by atoms with Crippen LogP contribution in [0.4, 0.5) is 0 Å². The van der Waals surface area contributed by atoms with Crippen molar-refractivity contribution in [2.24, 2.45) is 11.7 Å². The molecule has 204 valence electrons. The Labute approximate surface area is 221 Å². The summed E-state index contributed by atoms with van der Waals surface area (Å²) in [6, 6.07) is -0.809. The number of hydrogen-bond donors (Lipinski definition) is 3. The predicted octanol–water partition coefficient (Wildman–Crippen LogP) is 0.995. The lowest BCUT2D eigenvalue weighted by Crippen LogP contribution is -2.47. The van der Waals surface area contributed by atoms with E-state index in [1.165, 1.54) is 13.1 Å². The molecule has 0 spiro atoms. The van der Waals surface area contributed by atoms with Crippen LogP contribution >= 0.6 is 35.7 Å². The number of nitrogens with one attached hydrogen (secondary N) is 2. The number of nitrogens with two attached hydrogens (primary N) is 1. The summed E-state index contributed by atoms with van der Waals surface area (Å²) in [4.78, 5) is 50.5. The molecule has 1 aromatic rings. The molecule has 0 bridgehead atoms. The normalized spacial score (nSPS) is 26.6. The van der Waals surface area contributed by atoms with E-state index in [-0.39, 0.29) is 12.0 Å². The quantitative estimate of drug-likeness (QED) is 0.183. The van der Waals surface area contributed by atoms with Gasteiger partial charge in [-0.15, -0.1) is 0 Å². The third-order valence-corrected chi connectivity index (χ3v) is 7.45. The van der Waals surface area contributed by atoms with Gasteiger partial charge in [0.1, 0.15) is 18.2 Å². The van der Waals surface area contributed by atoms with Crippen molar-refractivity contribution in [1.29, 1.82) is 0 Å². The number of ether oxygens (including phenoxy) is 3. The van der Waals surface area contributed by atoms with Crippen molar-refractivity contribution >= 4 is 47.6 Å². The van der Waals surface area contributed by atoms with Gasteiger partial charge >= 0.3 is 17.6 Å². The van der Waals surface area contributed by atoms with E-state index in [4.69, 9.17) is 36.1 Å². The van der Waals surface area contributed by atoms with E-state index in [2.05, 4.69) is 26.0 Å². The van der Waals surface area contributed by atoms with Gasteiger partial charge in [0.2, 0.25) is 0 Å². The number of aromatic amines is 1. The Morgan fingerprint density at radius 1 is 1.31 bits per heavy atom. The van der Waals surface area contributed by atoms with E-state index < -0.39 is 72.3 Å². The second-order valence-electron chi connectivity index (χ2n) is 8.80. The third-order valence-electron chi connectivity index (χ3n) is 5.11. The molecule has 0 saturated carbocycles. The van der Waals surface area contributed by atoms with Gasteiger partial charge in [0.25, 0.3) is 13.7 Å². The van der Waals surface area contributed by atoms with Gasteiger partial charge in [-0.25, -0.2) is 9.88 Å². The summed E-state index contributed by atoms with van der Waals surface area (Å²) in [7, 11) is -2.99. The number of halogens is 2. The number of carbonyl (C=O) groups is 2. The van der Waals surface area contributed by atoms with E-state index in [0.29, 0.717) is 0 Å². The maximum absolute atomic E-state index is 12.6. The molecule has 4 N–H and O–H groups in total. The Morgan fingerprint density at radius 2 is 1.94 bits per heavy atom. The minimum Gasteiger partial charge on any atom is -0.462 e.